The highest BCUT2D eigenvalue weighted by molar-refractivity contribution is 5.71. The van der Waals surface area contributed by atoms with Gasteiger partial charge in [0.25, 0.3) is 0 Å². The first-order chi connectivity index (χ1) is 23.7. The van der Waals surface area contributed by atoms with Gasteiger partial charge in [-0.2, -0.15) is 0 Å². The molecule has 0 saturated carbocycles. The van der Waals surface area contributed by atoms with Crippen LogP contribution >= 0.6 is 0 Å². The van der Waals surface area contributed by atoms with Crippen LogP contribution in [0.4, 0.5) is 45.5 Å². The largest absolute Gasteiger partial charge is 0.378 e. The molecule has 0 aliphatic carbocycles. The first kappa shape index (κ1) is 39.1. The Bertz CT molecular complexity index is 1640. The smallest absolute Gasteiger partial charge is 0.0409 e. The summed E-state index contributed by atoms with van der Waals surface area (Å²) in [6, 6.07) is 42.9. The van der Waals surface area contributed by atoms with Crippen molar-refractivity contribution in [2.24, 2.45) is 0 Å². The van der Waals surface area contributed by atoms with Crippen molar-refractivity contribution in [3.05, 3.63) is 121 Å². The van der Waals surface area contributed by atoms with E-state index in [0.29, 0.717) is 0 Å². The fourth-order valence-electron chi connectivity index (χ4n) is 5.05. The first-order valence-corrected chi connectivity index (χ1v) is 17.0. The van der Waals surface area contributed by atoms with E-state index < -0.39 is 0 Å². The average molecular weight is 674 g/mol. The number of hydrogen-bond donors (Lipinski definition) is 0. The average Bonchev–Trinajstić information content (AvgIpc) is 3.12. The van der Waals surface area contributed by atoms with Crippen molar-refractivity contribution in [3.8, 4) is 11.1 Å². The second kappa shape index (κ2) is 18.5. The normalized spacial score (nSPS) is 10.1. The van der Waals surface area contributed by atoms with E-state index in [2.05, 4.69) is 219 Å². The predicted molar refractivity (Wildman–Crippen MR) is 225 cm³/mol. The predicted octanol–water partition coefficient (Wildman–Crippen LogP) is 8.89. The second-order valence-electron chi connectivity index (χ2n) is 13.6. The Morgan fingerprint density at radius 1 is 0.240 bits per heavy atom. The molecule has 50 heavy (non-hydrogen) atoms. The highest BCUT2D eigenvalue weighted by atomic mass is 15.1. The molecule has 7 heteroatoms. The van der Waals surface area contributed by atoms with E-state index in [1.807, 2.05) is 28.2 Å². The van der Waals surface area contributed by atoms with Crippen molar-refractivity contribution in [1.29, 1.82) is 0 Å². The van der Waals surface area contributed by atoms with Gasteiger partial charge in [0.15, 0.2) is 0 Å². The molecule has 5 aromatic rings. The Labute approximate surface area is 303 Å². The molecule has 0 spiro atoms. The van der Waals surface area contributed by atoms with Crippen LogP contribution in [0, 0.1) is 0 Å². The first-order valence-electron chi connectivity index (χ1n) is 17.0. The van der Waals surface area contributed by atoms with Crippen LogP contribution < -0.4 is 34.3 Å². The summed E-state index contributed by atoms with van der Waals surface area (Å²) in [4.78, 5) is 14.8. The SMILES string of the molecule is CN(C)c1ccc(-c2ccc(N(C)c3ccc(N(C)C)cc3)cc2)cc1.CN(C)c1ccc(N(C)C)cc1.CN(C)c1cccc(N(C)C)c1. The number of benzene rings is 5. The molecule has 0 bridgehead atoms. The van der Waals surface area contributed by atoms with Crippen LogP contribution in [0.15, 0.2) is 121 Å². The molecule has 0 fully saturated rings. The maximum absolute atomic E-state index is 2.21. The van der Waals surface area contributed by atoms with Crippen LogP contribution in [0.5, 0.6) is 0 Å². The van der Waals surface area contributed by atoms with Crippen LogP contribution in [-0.2, 0) is 0 Å². The Morgan fingerprint density at radius 2 is 0.460 bits per heavy atom. The van der Waals surface area contributed by atoms with Crippen molar-refractivity contribution in [2.75, 3.05) is 126 Å². The molecule has 0 N–H and O–H groups in total. The van der Waals surface area contributed by atoms with E-state index in [1.54, 1.807) is 0 Å². The standard InChI is InChI=1S/C23H27N3.2C10H16N2/c1-24(2)20-10-6-18(7-11-20)19-8-12-22(13-9-19)26(5)23-16-14-21(15-17-23)25(3)4;1-11(2)9-5-7-10(8-6-9)12(3)4;1-11(2)9-6-5-7-10(8-9)12(3)4/h6-17H,1-5H3;2*5-8H,1-4H3. The summed E-state index contributed by atoms with van der Waals surface area (Å²) in [5, 5.41) is 0. The topological polar surface area (TPSA) is 22.7 Å². The molecule has 0 amide bonds. The quantitative estimate of drug-likeness (QED) is 0.154. The van der Waals surface area contributed by atoms with E-state index >= 15 is 0 Å². The molecule has 0 aromatic heterocycles. The minimum atomic E-state index is 1.18. The zero-order valence-electron chi connectivity index (χ0n) is 32.7. The number of hydrogen-bond acceptors (Lipinski definition) is 7. The van der Waals surface area contributed by atoms with E-state index in [1.165, 1.54) is 56.6 Å². The van der Waals surface area contributed by atoms with Gasteiger partial charge in [-0.3, -0.25) is 0 Å². The van der Waals surface area contributed by atoms with Crippen molar-refractivity contribution in [3.63, 3.8) is 0 Å². The molecule has 0 aliphatic rings. The highest BCUT2D eigenvalue weighted by Crippen LogP contribution is 2.29. The van der Waals surface area contributed by atoms with Crippen molar-refractivity contribution >= 4 is 45.5 Å². The van der Waals surface area contributed by atoms with Gasteiger partial charge in [-0.1, -0.05) is 30.3 Å². The summed E-state index contributed by atoms with van der Waals surface area (Å²) in [6.45, 7) is 0. The summed E-state index contributed by atoms with van der Waals surface area (Å²) < 4.78 is 0. The Hall–Kier alpha value is -5.30. The summed E-state index contributed by atoms with van der Waals surface area (Å²) in [7, 11) is 26.7. The van der Waals surface area contributed by atoms with Gasteiger partial charge in [0.05, 0.1) is 0 Å². The van der Waals surface area contributed by atoms with Crippen molar-refractivity contribution in [1.82, 2.24) is 0 Å². The monoisotopic (exact) mass is 673 g/mol. The third-order valence-corrected chi connectivity index (χ3v) is 8.47. The minimum absolute atomic E-state index is 1.18. The highest BCUT2D eigenvalue weighted by Gasteiger charge is 2.06. The lowest BCUT2D eigenvalue weighted by Gasteiger charge is -2.21. The number of rotatable bonds is 9. The van der Waals surface area contributed by atoms with Gasteiger partial charge in [-0.05, 0) is 102 Å². The molecule has 5 aromatic carbocycles. The van der Waals surface area contributed by atoms with Crippen LogP contribution in [0.2, 0.25) is 0 Å². The summed E-state index contributed by atoms with van der Waals surface area (Å²) in [6.07, 6.45) is 0. The van der Waals surface area contributed by atoms with E-state index in [0.717, 1.165) is 0 Å². The Kier molecular flexibility index (Phi) is 14.5. The molecule has 0 heterocycles. The van der Waals surface area contributed by atoms with Crippen LogP contribution in [0.25, 0.3) is 11.1 Å². The van der Waals surface area contributed by atoms with Crippen LogP contribution in [-0.4, -0.2) is 91.6 Å². The maximum atomic E-state index is 2.21. The molecule has 0 unspecified atom stereocenters. The van der Waals surface area contributed by atoms with E-state index in [4.69, 9.17) is 0 Å². The van der Waals surface area contributed by atoms with E-state index in [-0.39, 0.29) is 0 Å². The van der Waals surface area contributed by atoms with Crippen LogP contribution in [0.3, 0.4) is 0 Å². The Balaban J connectivity index is 0.000000234. The second-order valence-corrected chi connectivity index (χ2v) is 13.6. The third-order valence-electron chi connectivity index (χ3n) is 8.47. The molecule has 7 nitrogen and oxygen atoms in total. The van der Waals surface area contributed by atoms with Gasteiger partial charge < -0.3 is 34.3 Å². The lowest BCUT2D eigenvalue weighted by molar-refractivity contribution is 1.10. The van der Waals surface area contributed by atoms with Crippen molar-refractivity contribution < 1.29 is 0 Å². The van der Waals surface area contributed by atoms with Gasteiger partial charge in [0, 0.05) is 137 Å². The fraction of sp³-hybridized carbons (Fsp3) is 0.302. The molecule has 0 atom stereocenters. The lowest BCUT2D eigenvalue weighted by Crippen LogP contribution is -2.12. The van der Waals surface area contributed by atoms with Gasteiger partial charge in [-0.25, -0.2) is 0 Å². The zero-order chi connectivity index (χ0) is 37.0. The lowest BCUT2D eigenvalue weighted by atomic mass is 10.0. The van der Waals surface area contributed by atoms with Gasteiger partial charge in [-0.15, -0.1) is 0 Å². The Morgan fingerprint density at radius 3 is 0.720 bits per heavy atom. The minimum Gasteiger partial charge on any atom is -0.378 e. The number of anilines is 8. The maximum Gasteiger partial charge on any atom is 0.0409 e. The number of nitrogens with zero attached hydrogens (tertiary/aromatic N) is 7. The molecule has 5 rings (SSSR count). The summed E-state index contributed by atoms with van der Waals surface area (Å²) in [5.41, 5.74) is 12.2. The van der Waals surface area contributed by atoms with Gasteiger partial charge >= 0.3 is 0 Å². The molecular formula is C43H59N7. The molecule has 266 valence electrons. The van der Waals surface area contributed by atoms with E-state index in [9.17, 15) is 0 Å². The summed E-state index contributed by atoms with van der Waals surface area (Å²) >= 11 is 0. The summed E-state index contributed by atoms with van der Waals surface area (Å²) in [5.74, 6) is 0. The molecule has 0 saturated heterocycles. The van der Waals surface area contributed by atoms with Gasteiger partial charge in [0.2, 0.25) is 0 Å². The molecule has 0 radical (unpaired) electrons. The molecular weight excluding hydrogens is 615 g/mol. The van der Waals surface area contributed by atoms with Gasteiger partial charge in [0.1, 0.15) is 0 Å². The van der Waals surface area contributed by atoms with Crippen LogP contribution in [0.1, 0.15) is 0 Å². The fourth-order valence-corrected chi connectivity index (χ4v) is 5.05. The van der Waals surface area contributed by atoms with Crippen molar-refractivity contribution in [2.45, 2.75) is 0 Å². The third kappa shape index (κ3) is 11.4. The molecule has 0 aliphatic heterocycles. The zero-order valence-corrected chi connectivity index (χ0v) is 32.7.